The lowest BCUT2D eigenvalue weighted by Gasteiger charge is -2.57. The van der Waals surface area contributed by atoms with Crippen molar-refractivity contribution in [2.24, 2.45) is 17.8 Å². The van der Waals surface area contributed by atoms with Gasteiger partial charge in [0.2, 0.25) is 5.82 Å². The number of nitrogens with zero attached hydrogens (tertiary/aromatic N) is 4. The van der Waals surface area contributed by atoms with Gasteiger partial charge in [0.05, 0.1) is 4.92 Å². The van der Waals surface area contributed by atoms with Crippen LogP contribution in [0.4, 0.5) is 11.5 Å². The van der Waals surface area contributed by atoms with Crippen molar-refractivity contribution in [3.63, 3.8) is 0 Å². The summed E-state index contributed by atoms with van der Waals surface area (Å²) in [5.41, 5.74) is 0.261. The standard InChI is InChI=1S/C23H22BrN5O3/c24-17-3-4-18(19-16(17)2-1-5-25-19)32-22-20(29(30)31)21(26-12-27-22)28-23-9-13-6-14(10-23)8-15(7-13)11-23/h1-5,12-15H,6-11H2,(H,26,27,28). The Kier molecular flexibility index (Phi) is 4.57. The van der Waals surface area contributed by atoms with Crippen LogP contribution in [-0.2, 0) is 0 Å². The summed E-state index contributed by atoms with van der Waals surface area (Å²) in [6, 6.07) is 7.31. The molecule has 0 atom stereocenters. The highest BCUT2D eigenvalue weighted by Crippen LogP contribution is 2.57. The second-order valence-electron chi connectivity index (χ2n) is 9.50. The van der Waals surface area contributed by atoms with Crippen molar-refractivity contribution in [1.82, 2.24) is 15.0 Å². The maximum absolute atomic E-state index is 12.1. The number of nitrogens with one attached hydrogen (secondary N) is 1. The molecular formula is C23H22BrN5O3. The molecule has 0 unspecified atom stereocenters. The van der Waals surface area contributed by atoms with E-state index in [2.05, 4.69) is 36.2 Å². The molecule has 4 bridgehead atoms. The molecule has 2 aromatic heterocycles. The Morgan fingerprint density at radius 3 is 2.47 bits per heavy atom. The summed E-state index contributed by atoms with van der Waals surface area (Å²) in [6.07, 6.45) is 10.0. The Balaban J connectivity index is 1.37. The van der Waals surface area contributed by atoms with E-state index >= 15 is 0 Å². The lowest BCUT2D eigenvalue weighted by molar-refractivity contribution is -0.385. The normalized spacial score (nSPS) is 28.1. The average molecular weight is 496 g/mol. The van der Waals surface area contributed by atoms with Gasteiger partial charge in [-0.2, -0.15) is 4.98 Å². The van der Waals surface area contributed by atoms with Gasteiger partial charge in [0.1, 0.15) is 11.8 Å². The largest absolute Gasteiger partial charge is 0.431 e. The van der Waals surface area contributed by atoms with Gasteiger partial charge < -0.3 is 10.1 Å². The molecule has 0 saturated heterocycles. The Morgan fingerprint density at radius 1 is 1.06 bits per heavy atom. The molecule has 4 aliphatic rings. The number of ether oxygens (including phenoxy) is 1. The molecule has 8 nitrogen and oxygen atoms in total. The van der Waals surface area contributed by atoms with Gasteiger partial charge in [-0.15, -0.1) is 0 Å². The zero-order chi connectivity index (χ0) is 21.9. The van der Waals surface area contributed by atoms with Gasteiger partial charge in [-0.25, -0.2) is 4.98 Å². The van der Waals surface area contributed by atoms with Crippen LogP contribution in [0.3, 0.4) is 0 Å². The number of hydrogen-bond acceptors (Lipinski definition) is 7. The van der Waals surface area contributed by atoms with E-state index < -0.39 is 4.92 Å². The summed E-state index contributed by atoms with van der Waals surface area (Å²) < 4.78 is 6.85. The highest BCUT2D eigenvalue weighted by Gasteiger charge is 2.51. The molecule has 4 saturated carbocycles. The van der Waals surface area contributed by atoms with Crippen LogP contribution in [0.5, 0.6) is 11.6 Å². The minimum Gasteiger partial charge on any atom is -0.431 e. The molecule has 7 rings (SSSR count). The van der Waals surface area contributed by atoms with Crippen LogP contribution in [-0.4, -0.2) is 25.4 Å². The topological polar surface area (TPSA) is 103 Å². The molecule has 32 heavy (non-hydrogen) atoms. The number of nitro groups is 1. The smallest absolute Gasteiger partial charge is 0.373 e. The van der Waals surface area contributed by atoms with Gasteiger partial charge in [-0.1, -0.05) is 22.0 Å². The van der Waals surface area contributed by atoms with E-state index in [-0.39, 0.29) is 22.9 Å². The number of rotatable bonds is 5. The van der Waals surface area contributed by atoms with Crippen LogP contribution in [0.2, 0.25) is 0 Å². The van der Waals surface area contributed by atoms with Crippen molar-refractivity contribution in [3.8, 4) is 11.6 Å². The van der Waals surface area contributed by atoms with Gasteiger partial charge in [0.25, 0.3) is 0 Å². The minimum absolute atomic E-state index is 0.0773. The first-order chi connectivity index (χ1) is 15.5. The fourth-order valence-corrected chi connectivity index (χ4v) is 6.96. The summed E-state index contributed by atoms with van der Waals surface area (Å²) in [6.45, 7) is 0. The molecule has 4 fully saturated rings. The fourth-order valence-electron chi connectivity index (χ4n) is 6.51. The number of fused-ring (bicyclic) bond motifs is 1. The van der Waals surface area contributed by atoms with Gasteiger partial charge in [-0.3, -0.25) is 15.1 Å². The molecule has 0 amide bonds. The van der Waals surface area contributed by atoms with Gasteiger partial charge >= 0.3 is 11.6 Å². The predicted molar refractivity (Wildman–Crippen MR) is 123 cm³/mol. The highest BCUT2D eigenvalue weighted by molar-refractivity contribution is 9.10. The van der Waals surface area contributed by atoms with Crippen molar-refractivity contribution < 1.29 is 9.66 Å². The summed E-state index contributed by atoms with van der Waals surface area (Å²) in [4.78, 5) is 24.5. The quantitative estimate of drug-likeness (QED) is 0.348. The van der Waals surface area contributed by atoms with Crippen molar-refractivity contribution in [3.05, 3.63) is 51.4 Å². The third kappa shape index (κ3) is 3.30. The molecule has 0 aliphatic heterocycles. The number of hydrogen-bond donors (Lipinski definition) is 1. The van der Waals surface area contributed by atoms with Crippen molar-refractivity contribution in [2.45, 2.75) is 44.1 Å². The predicted octanol–water partition coefficient (Wildman–Crippen LogP) is 5.87. The maximum atomic E-state index is 12.1. The second-order valence-corrected chi connectivity index (χ2v) is 10.4. The van der Waals surface area contributed by atoms with E-state index in [1.165, 1.54) is 25.6 Å². The molecule has 0 spiro atoms. The van der Waals surface area contributed by atoms with E-state index in [0.717, 1.165) is 29.1 Å². The lowest BCUT2D eigenvalue weighted by atomic mass is 9.53. The second kappa shape index (κ2) is 7.37. The zero-order valence-electron chi connectivity index (χ0n) is 17.3. The zero-order valence-corrected chi connectivity index (χ0v) is 18.9. The fraction of sp³-hybridized carbons (Fsp3) is 0.435. The SMILES string of the molecule is O=[N+]([O-])c1c(NC23CC4CC(CC(C4)C2)C3)ncnc1Oc1ccc(Br)c2cccnc12. The van der Waals surface area contributed by atoms with E-state index in [4.69, 9.17) is 4.74 Å². The molecule has 9 heteroatoms. The number of halogens is 1. The Labute approximate surface area is 193 Å². The van der Waals surface area contributed by atoms with Crippen molar-refractivity contribution in [2.75, 3.05) is 5.32 Å². The monoisotopic (exact) mass is 495 g/mol. The molecule has 2 heterocycles. The molecule has 0 radical (unpaired) electrons. The summed E-state index contributed by atoms with van der Waals surface area (Å²) in [5.74, 6) is 2.72. The molecule has 1 N–H and O–H groups in total. The Bertz CT molecular complexity index is 1200. The molecule has 4 aliphatic carbocycles. The number of anilines is 1. The molecular weight excluding hydrogens is 474 g/mol. The highest BCUT2D eigenvalue weighted by atomic mass is 79.9. The first kappa shape index (κ1) is 19.8. The summed E-state index contributed by atoms with van der Waals surface area (Å²) in [7, 11) is 0. The van der Waals surface area contributed by atoms with Crippen LogP contribution in [0.1, 0.15) is 38.5 Å². The first-order valence-corrected chi connectivity index (χ1v) is 11.8. The van der Waals surface area contributed by atoms with E-state index in [0.29, 0.717) is 29.0 Å². The first-order valence-electron chi connectivity index (χ1n) is 11.0. The minimum atomic E-state index is -0.452. The molecule has 1 aromatic carbocycles. The van der Waals surface area contributed by atoms with E-state index in [1.54, 1.807) is 12.3 Å². The Hall–Kier alpha value is -2.81. The number of aromatic nitrogens is 3. The van der Waals surface area contributed by atoms with E-state index in [1.807, 2.05) is 18.2 Å². The number of pyridine rings is 1. The van der Waals surface area contributed by atoms with Crippen molar-refractivity contribution in [1.29, 1.82) is 0 Å². The van der Waals surface area contributed by atoms with Gasteiger partial charge in [0.15, 0.2) is 5.75 Å². The molecule has 164 valence electrons. The maximum Gasteiger partial charge on any atom is 0.373 e. The number of benzene rings is 1. The lowest BCUT2D eigenvalue weighted by Crippen LogP contribution is -2.55. The summed E-state index contributed by atoms with van der Waals surface area (Å²) in [5, 5.41) is 16.5. The van der Waals surface area contributed by atoms with Crippen molar-refractivity contribution >= 4 is 38.3 Å². The third-order valence-electron chi connectivity index (χ3n) is 7.28. The Morgan fingerprint density at radius 2 is 1.78 bits per heavy atom. The van der Waals surface area contributed by atoms with Crippen LogP contribution in [0.25, 0.3) is 10.9 Å². The average Bonchev–Trinajstić information content (AvgIpc) is 2.74. The van der Waals surface area contributed by atoms with Crippen LogP contribution < -0.4 is 10.1 Å². The molecule has 3 aromatic rings. The van der Waals surface area contributed by atoms with Gasteiger partial charge in [-0.05, 0) is 74.5 Å². The van der Waals surface area contributed by atoms with Crippen LogP contribution in [0, 0.1) is 27.9 Å². The van der Waals surface area contributed by atoms with E-state index in [9.17, 15) is 10.1 Å². The van der Waals surface area contributed by atoms with Gasteiger partial charge in [0, 0.05) is 21.6 Å². The van der Waals surface area contributed by atoms with Crippen LogP contribution in [0.15, 0.2) is 41.3 Å². The van der Waals surface area contributed by atoms with Crippen LogP contribution >= 0.6 is 15.9 Å². The third-order valence-corrected chi connectivity index (χ3v) is 7.97. The summed E-state index contributed by atoms with van der Waals surface area (Å²) >= 11 is 3.51.